The number of hydrogen-bond donors (Lipinski definition) is 1. The number of hydrogen-bond acceptors (Lipinski definition) is 2. The molecular formula is C14H17NO2. The Bertz CT molecular complexity index is 432. The number of carboxylic acid groups (broad SMARTS) is 1. The number of benzene rings is 1. The first-order valence-corrected chi connectivity index (χ1v) is 5.95. The zero-order chi connectivity index (χ0) is 12.7. The maximum Gasteiger partial charge on any atom is 0.335 e. The Morgan fingerprint density at radius 1 is 1.35 bits per heavy atom. The topological polar surface area (TPSA) is 61.1 Å². The lowest BCUT2D eigenvalue weighted by molar-refractivity contribution is 0.0697. The Morgan fingerprint density at radius 2 is 2.12 bits per heavy atom. The van der Waals surface area contributed by atoms with Gasteiger partial charge in [-0.2, -0.15) is 5.26 Å². The zero-order valence-corrected chi connectivity index (χ0v) is 10.1. The van der Waals surface area contributed by atoms with Gasteiger partial charge in [-0.05, 0) is 30.5 Å². The van der Waals surface area contributed by atoms with Crippen molar-refractivity contribution in [2.75, 3.05) is 0 Å². The second-order valence-corrected chi connectivity index (χ2v) is 4.10. The summed E-state index contributed by atoms with van der Waals surface area (Å²) in [7, 11) is 0. The van der Waals surface area contributed by atoms with Crippen LogP contribution in [-0.2, 0) is 6.42 Å². The van der Waals surface area contributed by atoms with Crippen molar-refractivity contribution >= 4 is 5.97 Å². The molecule has 0 bridgehead atoms. The minimum absolute atomic E-state index is 0.179. The molecule has 0 heterocycles. The fraction of sp³-hybridized carbons (Fsp3) is 0.429. The van der Waals surface area contributed by atoms with E-state index in [9.17, 15) is 4.79 Å². The first-order chi connectivity index (χ1) is 8.19. The maximum atomic E-state index is 10.8. The molecule has 0 radical (unpaired) electrons. The Kier molecular flexibility index (Phi) is 5.22. The van der Waals surface area contributed by atoms with Crippen molar-refractivity contribution in [1.82, 2.24) is 0 Å². The lowest BCUT2D eigenvalue weighted by atomic mass is 9.99. The van der Waals surface area contributed by atoms with E-state index in [0.717, 1.165) is 24.8 Å². The molecule has 0 saturated heterocycles. The average molecular weight is 231 g/mol. The molecule has 0 aromatic heterocycles. The highest BCUT2D eigenvalue weighted by Gasteiger charge is 2.07. The highest BCUT2D eigenvalue weighted by molar-refractivity contribution is 5.88. The van der Waals surface area contributed by atoms with E-state index in [-0.39, 0.29) is 5.56 Å². The van der Waals surface area contributed by atoms with Gasteiger partial charge in [-0.1, -0.05) is 32.3 Å². The van der Waals surface area contributed by atoms with Crippen molar-refractivity contribution < 1.29 is 9.90 Å². The van der Waals surface area contributed by atoms with Crippen LogP contribution >= 0.6 is 0 Å². The van der Waals surface area contributed by atoms with E-state index >= 15 is 0 Å². The molecule has 1 aromatic rings. The predicted octanol–water partition coefficient (Wildman–Crippen LogP) is 3.38. The summed E-state index contributed by atoms with van der Waals surface area (Å²) >= 11 is 0. The zero-order valence-electron chi connectivity index (χ0n) is 10.1. The van der Waals surface area contributed by atoms with Crippen LogP contribution in [-0.4, -0.2) is 11.1 Å². The molecule has 17 heavy (non-hydrogen) atoms. The van der Waals surface area contributed by atoms with E-state index in [0.29, 0.717) is 5.56 Å². The number of carboxylic acids is 1. The number of rotatable bonds is 6. The van der Waals surface area contributed by atoms with Gasteiger partial charge in [0, 0.05) is 0 Å². The van der Waals surface area contributed by atoms with E-state index in [1.807, 2.05) is 0 Å². The SMILES string of the molecule is CCCCCCc1ccc(C(=O)O)cc1C#N. The highest BCUT2D eigenvalue weighted by atomic mass is 16.4. The molecule has 0 amide bonds. The maximum absolute atomic E-state index is 10.8. The van der Waals surface area contributed by atoms with Crippen LogP contribution in [0.2, 0.25) is 0 Å². The number of carbonyl (C=O) groups is 1. The number of nitriles is 1. The van der Waals surface area contributed by atoms with Crippen LogP contribution in [0.1, 0.15) is 54.1 Å². The Morgan fingerprint density at radius 3 is 2.71 bits per heavy atom. The molecule has 0 unspecified atom stereocenters. The van der Waals surface area contributed by atoms with Gasteiger partial charge >= 0.3 is 5.97 Å². The Hall–Kier alpha value is -1.82. The van der Waals surface area contributed by atoms with Crippen molar-refractivity contribution in [2.24, 2.45) is 0 Å². The molecule has 0 aliphatic carbocycles. The molecule has 0 atom stereocenters. The standard InChI is InChI=1S/C14H17NO2/c1-2-3-4-5-6-11-7-8-12(14(16)17)9-13(11)10-15/h7-9H,2-6H2,1H3,(H,16,17). The van der Waals surface area contributed by atoms with Crippen LogP contribution in [0.15, 0.2) is 18.2 Å². The third-order valence-corrected chi connectivity index (χ3v) is 2.78. The van der Waals surface area contributed by atoms with Crippen LogP contribution in [0.5, 0.6) is 0 Å². The largest absolute Gasteiger partial charge is 0.478 e. The second-order valence-electron chi connectivity index (χ2n) is 4.10. The lowest BCUT2D eigenvalue weighted by Gasteiger charge is -2.04. The van der Waals surface area contributed by atoms with Crippen molar-refractivity contribution in [2.45, 2.75) is 39.0 Å². The molecule has 0 aliphatic heterocycles. The molecule has 0 saturated carbocycles. The van der Waals surface area contributed by atoms with Crippen LogP contribution in [0.4, 0.5) is 0 Å². The van der Waals surface area contributed by atoms with Gasteiger partial charge in [-0.25, -0.2) is 4.79 Å². The fourth-order valence-electron chi connectivity index (χ4n) is 1.77. The molecular weight excluding hydrogens is 214 g/mol. The van der Waals surface area contributed by atoms with Crippen molar-refractivity contribution in [3.63, 3.8) is 0 Å². The van der Waals surface area contributed by atoms with Crippen molar-refractivity contribution in [3.05, 3.63) is 34.9 Å². The molecule has 90 valence electrons. The predicted molar refractivity (Wildman–Crippen MR) is 66.0 cm³/mol. The quantitative estimate of drug-likeness (QED) is 0.763. The fourth-order valence-corrected chi connectivity index (χ4v) is 1.77. The molecule has 0 aliphatic rings. The number of aromatic carboxylic acids is 1. The summed E-state index contributed by atoms with van der Waals surface area (Å²) in [6.07, 6.45) is 5.44. The van der Waals surface area contributed by atoms with E-state index in [2.05, 4.69) is 13.0 Å². The summed E-state index contributed by atoms with van der Waals surface area (Å²) < 4.78 is 0. The molecule has 3 heteroatoms. The average Bonchev–Trinajstić information content (AvgIpc) is 2.34. The summed E-state index contributed by atoms with van der Waals surface area (Å²) in [5.41, 5.74) is 1.62. The Labute approximate surface area is 102 Å². The molecule has 1 rings (SSSR count). The first kappa shape index (κ1) is 13.2. The van der Waals surface area contributed by atoms with Gasteiger partial charge in [0.2, 0.25) is 0 Å². The second kappa shape index (κ2) is 6.70. The summed E-state index contributed by atoms with van der Waals surface area (Å²) in [4.78, 5) is 10.8. The summed E-state index contributed by atoms with van der Waals surface area (Å²) in [5.74, 6) is -0.987. The van der Waals surface area contributed by atoms with Gasteiger partial charge in [0.25, 0.3) is 0 Å². The van der Waals surface area contributed by atoms with E-state index in [1.165, 1.54) is 18.9 Å². The normalized spacial score (nSPS) is 9.88. The molecule has 3 nitrogen and oxygen atoms in total. The van der Waals surface area contributed by atoms with Crippen LogP contribution in [0.25, 0.3) is 0 Å². The minimum atomic E-state index is -0.987. The monoisotopic (exact) mass is 231 g/mol. The van der Waals surface area contributed by atoms with Gasteiger partial charge in [0.1, 0.15) is 0 Å². The third kappa shape index (κ3) is 3.92. The van der Waals surface area contributed by atoms with E-state index in [4.69, 9.17) is 10.4 Å². The Balaban J connectivity index is 2.73. The van der Waals surface area contributed by atoms with Gasteiger partial charge in [-0.3, -0.25) is 0 Å². The smallest absolute Gasteiger partial charge is 0.335 e. The highest BCUT2D eigenvalue weighted by Crippen LogP contribution is 2.15. The lowest BCUT2D eigenvalue weighted by Crippen LogP contribution is -1.99. The minimum Gasteiger partial charge on any atom is -0.478 e. The number of unbranched alkanes of at least 4 members (excludes halogenated alkanes) is 3. The van der Waals surface area contributed by atoms with Gasteiger partial charge < -0.3 is 5.11 Å². The van der Waals surface area contributed by atoms with Crippen LogP contribution < -0.4 is 0 Å². The summed E-state index contributed by atoms with van der Waals surface area (Å²) in [6.45, 7) is 2.16. The van der Waals surface area contributed by atoms with E-state index in [1.54, 1.807) is 12.1 Å². The molecule has 0 fully saturated rings. The van der Waals surface area contributed by atoms with Crippen molar-refractivity contribution in [1.29, 1.82) is 5.26 Å². The number of nitrogens with zero attached hydrogens (tertiary/aromatic N) is 1. The molecule has 1 N–H and O–H groups in total. The molecule has 1 aromatic carbocycles. The van der Waals surface area contributed by atoms with Gasteiger partial charge in [0.05, 0.1) is 17.2 Å². The van der Waals surface area contributed by atoms with Gasteiger partial charge in [0.15, 0.2) is 0 Å². The third-order valence-electron chi connectivity index (χ3n) is 2.78. The summed E-state index contributed by atoms with van der Waals surface area (Å²) in [6, 6.07) is 6.85. The van der Waals surface area contributed by atoms with Crippen LogP contribution in [0.3, 0.4) is 0 Å². The molecule has 0 spiro atoms. The van der Waals surface area contributed by atoms with Gasteiger partial charge in [-0.15, -0.1) is 0 Å². The number of aryl methyl sites for hydroxylation is 1. The van der Waals surface area contributed by atoms with Crippen molar-refractivity contribution in [3.8, 4) is 6.07 Å². The summed E-state index contributed by atoms with van der Waals surface area (Å²) in [5, 5.41) is 17.8. The van der Waals surface area contributed by atoms with E-state index < -0.39 is 5.97 Å². The first-order valence-electron chi connectivity index (χ1n) is 5.95. The van der Waals surface area contributed by atoms with Crippen LogP contribution in [0, 0.1) is 11.3 Å².